The molecule has 2 aromatic carbocycles. The molecule has 27 heavy (non-hydrogen) atoms. The van der Waals surface area contributed by atoms with Crippen LogP contribution < -0.4 is 10.9 Å². The first-order valence-corrected chi connectivity index (χ1v) is 9.89. The first kappa shape index (κ1) is 17.9. The maximum Gasteiger partial charge on any atom is 0.262 e. The lowest BCUT2D eigenvalue weighted by atomic mass is 10.1. The molecule has 8 heteroatoms. The fourth-order valence-electron chi connectivity index (χ4n) is 2.45. The lowest BCUT2D eigenvalue weighted by Gasteiger charge is -2.06. The van der Waals surface area contributed by atoms with E-state index in [-0.39, 0.29) is 17.0 Å². The summed E-state index contributed by atoms with van der Waals surface area (Å²) < 4.78 is 6.80. The van der Waals surface area contributed by atoms with Crippen molar-refractivity contribution in [2.75, 3.05) is 5.32 Å². The normalized spacial score (nSPS) is 11.7. The largest absolute Gasteiger partial charge is 0.438 e. The number of carbonyl (C=O) groups excluding carboxylic acids is 1. The van der Waals surface area contributed by atoms with Crippen molar-refractivity contribution in [3.05, 3.63) is 80.7 Å². The number of aromatic nitrogens is 1. The SMILES string of the molecule is O=C(Nc1nccs1)c1cc2cc(Br)ccc2oc1=Nc1ccccc1Cl. The van der Waals surface area contributed by atoms with Gasteiger partial charge in [0.05, 0.1) is 10.7 Å². The summed E-state index contributed by atoms with van der Waals surface area (Å²) in [5.74, 6) is -0.360. The van der Waals surface area contributed by atoms with Crippen molar-refractivity contribution >= 4 is 66.6 Å². The second kappa shape index (κ2) is 7.64. The van der Waals surface area contributed by atoms with Gasteiger partial charge in [-0.05, 0) is 36.4 Å². The van der Waals surface area contributed by atoms with Gasteiger partial charge >= 0.3 is 0 Å². The highest BCUT2D eigenvalue weighted by Crippen LogP contribution is 2.24. The Morgan fingerprint density at radius 3 is 2.85 bits per heavy atom. The van der Waals surface area contributed by atoms with Gasteiger partial charge in [0.25, 0.3) is 5.91 Å². The highest BCUT2D eigenvalue weighted by Gasteiger charge is 2.14. The summed E-state index contributed by atoms with van der Waals surface area (Å²) in [5, 5.41) is 6.28. The first-order chi connectivity index (χ1) is 13.1. The zero-order chi connectivity index (χ0) is 18.8. The van der Waals surface area contributed by atoms with Crippen LogP contribution >= 0.6 is 38.9 Å². The molecule has 1 N–H and O–H groups in total. The predicted molar refractivity (Wildman–Crippen MR) is 111 cm³/mol. The van der Waals surface area contributed by atoms with Crippen LogP contribution in [0.2, 0.25) is 5.02 Å². The molecule has 0 aliphatic heterocycles. The van der Waals surface area contributed by atoms with Gasteiger partial charge in [-0.15, -0.1) is 11.3 Å². The Bertz CT molecular complexity index is 1210. The smallest absolute Gasteiger partial charge is 0.262 e. The van der Waals surface area contributed by atoms with E-state index >= 15 is 0 Å². The van der Waals surface area contributed by atoms with Crippen molar-refractivity contribution in [1.82, 2.24) is 4.98 Å². The van der Waals surface area contributed by atoms with Gasteiger partial charge < -0.3 is 4.42 Å². The topological polar surface area (TPSA) is 67.5 Å². The summed E-state index contributed by atoms with van der Waals surface area (Å²) in [4.78, 5) is 21.4. The number of para-hydroxylation sites is 1. The van der Waals surface area contributed by atoms with E-state index in [0.29, 0.717) is 21.4 Å². The molecule has 0 unspecified atom stereocenters. The molecular formula is C19H11BrClN3O2S. The van der Waals surface area contributed by atoms with Crippen LogP contribution in [-0.4, -0.2) is 10.9 Å². The third-order valence-electron chi connectivity index (χ3n) is 3.68. The number of hydrogen-bond donors (Lipinski definition) is 1. The second-order valence-electron chi connectivity index (χ2n) is 5.50. The van der Waals surface area contributed by atoms with Crippen LogP contribution in [0, 0.1) is 0 Å². The van der Waals surface area contributed by atoms with Gasteiger partial charge in [-0.3, -0.25) is 10.1 Å². The highest BCUT2D eigenvalue weighted by molar-refractivity contribution is 9.10. The van der Waals surface area contributed by atoms with Crippen molar-refractivity contribution in [2.45, 2.75) is 0 Å². The lowest BCUT2D eigenvalue weighted by Crippen LogP contribution is -2.21. The number of carbonyl (C=O) groups is 1. The van der Waals surface area contributed by atoms with Gasteiger partial charge in [0.2, 0.25) is 5.55 Å². The third-order valence-corrected chi connectivity index (χ3v) is 5.18. The van der Waals surface area contributed by atoms with E-state index in [2.05, 4.69) is 31.2 Å². The molecule has 0 saturated heterocycles. The lowest BCUT2D eigenvalue weighted by molar-refractivity contribution is 0.102. The number of nitrogens with zero attached hydrogens (tertiary/aromatic N) is 2. The monoisotopic (exact) mass is 459 g/mol. The number of rotatable bonds is 3. The zero-order valence-corrected chi connectivity index (χ0v) is 16.8. The minimum atomic E-state index is -0.360. The van der Waals surface area contributed by atoms with Crippen LogP contribution in [-0.2, 0) is 0 Å². The Hall–Kier alpha value is -2.48. The molecule has 0 radical (unpaired) electrons. The fraction of sp³-hybridized carbons (Fsp3) is 0. The molecule has 0 fully saturated rings. The Kier molecular flexibility index (Phi) is 5.07. The van der Waals surface area contributed by atoms with E-state index in [4.69, 9.17) is 16.0 Å². The number of nitrogens with one attached hydrogen (secondary N) is 1. The number of benzene rings is 2. The molecule has 0 aliphatic rings. The standard InChI is InChI=1S/C19H11BrClN3O2S/c20-12-5-6-16-11(9-12)10-13(17(25)24-19-22-7-8-27-19)18(26-16)23-15-4-2-1-3-14(15)21/h1-10H,(H,22,24,25). The van der Waals surface area contributed by atoms with Gasteiger partial charge in [-0.2, -0.15) is 0 Å². The molecule has 0 atom stereocenters. The summed E-state index contributed by atoms with van der Waals surface area (Å²) in [7, 11) is 0. The van der Waals surface area contributed by atoms with E-state index in [1.807, 2.05) is 30.3 Å². The third kappa shape index (κ3) is 3.95. The molecule has 4 aromatic rings. The number of amides is 1. The highest BCUT2D eigenvalue weighted by atomic mass is 79.9. The van der Waals surface area contributed by atoms with Crippen LogP contribution in [0.5, 0.6) is 0 Å². The summed E-state index contributed by atoms with van der Waals surface area (Å²) in [6.45, 7) is 0. The number of hydrogen-bond acceptors (Lipinski definition) is 5. The molecular weight excluding hydrogens is 450 g/mol. The van der Waals surface area contributed by atoms with Gasteiger partial charge in [0.15, 0.2) is 5.13 Å². The number of anilines is 1. The second-order valence-corrected chi connectivity index (χ2v) is 7.72. The van der Waals surface area contributed by atoms with Gasteiger partial charge in [0, 0.05) is 21.4 Å². The van der Waals surface area contributed by atoms with Gasteiger partial charge in [-0.25, -0.2) is 9.98 Å². The molecule has 4 rings (SSSR count). The number of thiazole rings is 1. The Balaban J connectivity index is 1.91. The van der Waals surface area contributed by atoms with E-state index in [9.17, 15) is 4.79 Å². The minimum Gasteiger partial charge on any atom is -0.438 e. The fourth-order valence-corrected chi connectivity index (χ4v) is 3.53. The summed E-state index contributed by atoms with van der Waals surface area (Å²) in [5.41, 5.74) is 1.58. The molecule has 5 nitrogen and oxygen atoms in total. The maximum absolute atomic E-state index is 12.8. The molecule has 0 bridgehead atoms. The zero-order valence-electron chi connectivity index (χ0n) is 13.6. The number of halogens is 2. The van der Waals surface area contributed by atoms with Crippen molar-refractivity contribution < 1.29 is 9.21 Å². The maximum atomic E-state index is 12.8. The van der Waals surface area contributed by atoms with Crippen molar-refractivity contribution in [2.24, 2.45) is 4.99 Å². The molecule has 134 valence electrons. The predicted octanol–water partition coefficient (Wildman–Crippen LogP) is 5.79. The molecule has 1 amide bonds. The van der Waals surface area contributed by atoms with Crippen LogP contribution in [0.4, 0.5) is 10.8 Å². The van der Waals surface area contributed by atoms with E-state index < -0.39 is 0 Å². The van der Waals surface area contributed by atoms with Gasteiger partial charge in [-0.1, -0.05) is 39.7 Å². The van der Waals surface area contributed by atoms with E-state index in [1.165, 1.54) is 11.3 Å². The Morgan fingerprint density at radius 2 is 2.07 bits per heavy atom. The summed E-state index contributed by atoms with van der Waals surface area (Å²) in [6, 6.07) is 14.4. The van der Waals surface area contributed by atoms with Crippen LogP contribution in [0.25, 0.3) is 11.0 Å². The van der Waals surface area contributed by atoms with E-state index in [1.54, 1.807) is 29.8 Å². The quantitative estimate of drug-likeness (QED) is 0.421. The van der Waals surface area contributed by atoms with Crippen molar-refractivity contribution in [3.8, 4) is 0 Å². The van der Waals surface area contributed by atoms with Crippen LogP contribution in [0.1, 0.15) is 10.4 Å². The minimum absolute atomic E-state index is 0.173. The molecule has 0 aliphatic carbocycles. The van der Waals surface area contributed by atoms with Crippen LogP contribution in [0.3, 0.4) is 0 Å². The first-order valence-electron chi connectivity index (χ1n) is 7.84. The Labute approximate surface area is 171 Å². The Morgan fingerprint density at radius 1 is 1.22 bits per heavy atom. The van der Waals surface area contributed by atoms with Crippen molar-refractivity contribution in [1.29, 1.82) is 0 Å². The summed E-state index contributed by atoms with van der Waals surface area (Å²) >= 11 is 11.0. The molecule has 0 spiro atoms. The average molecular weight is 461 g/mol. The number of fused-ring (bicyclic) bond motifs is 1. The average Bonchev–Trinajstić information content (AvgIpc) is 3.16. The molecule has 0 saturated carbocycles. The summed E-state index contributed by atoms with van der Waals surface area (Å²) in [6.07, 6.45) is 1.62. The van der Waals surface area contributed by atoms with Crippen molar-refractivity contribution in [3.63, 3.8) is 0 Å². The van der Waals surface area contributed by atoms with Crippen LogP contribution in [0.15, 0.2) is 74.0 Å². The van der Waals surface area contributed by atoms with E-state index in [0.717, 1.165) is 9.86 Å². The molecule has 2 aromatic heterocycles. The van der Waals surface area contributed by atoms with Gasteiger partial charge in [0.1, 0.15) is 11.1 Å². The molecule has 2 heterocycles.